The fraction of sp³-hybridized carbons (Fsp3) is 0.0800. The third-order valence-electron chi connectivity index (χ3n) is 5.80. The number of hydrogen-bond donors (Lipinski definition) is 2. The van der Waals surface area contributed by atoms with E-state index in [1.807, 2.05) is 0 Å². The van der Waals surface area contributed by atoms with Crippen molar-refractivity contribution >= 4 is 45.4 Å². The Balaban J connectivity index is 1.88. The van der Waals surface area contributed by atoms with Gasteiger partial charge in [0.15, 0.2) is 5.78 Å². The van der Waals surface area contributed by atoms with Gasteiger partial charge in [-0.25, -0.2) is 13.6 Å². The summed E-state index contributed by atoms with van der Waals surface area (Å²) in [5, 5.41) is 22.3. The van der Waals surface area contributed by atoms with Crippen LogP contribution in [-0.4, -0.2) is 32.8 Å². The van der Waals surface area contributed by atoms with Crippen molar-refractivity contribution in [1.82, 2.24) is 4.57 Å². The molecule has 0 unspecified atom stereocenters. The number of Topliss-reactive ketones (excluding diaryl/α,β-unsaturated/α-hetero) is 1. The number of fused-ring (bicyclic) bond motifs is 3. The molecule has 1 aliphatic carbocycles. The topological polar surface area (TPSA) is 105 Å². The predicted molar refractivity (Wildman–Crippen MR) is 120 cm³/mol. The van der Waals surface area contributed by atoms with Gasteiger partial charge in [0.2, 0.25) is 0 Å². The SMILES string of the molecule is O=C1CC=CC=C1c1c(C(=O)O)n(Cc2cc(/C=N/O)ccc2F)c2cc(F)c3ccoc3c12. The quantitative estimate of drug-likeness (QED) is 0.243. The monoisotopic (exact) mass is 462 g/mol. The number of benzene rings is 2. The minimum Gasteiger partial charge on any atom is -0.477 e. The van der Waals surface area contributed by atoms with E-state index in [9.17, 15) is 23.5 Å². The van der Waals surface area contributed by atoms with Crippen LogP contribution in [0.4, 0.5) is 8.78 Å². The molecule has 9 heteroatoms. The number of ketones is 1. The summed E-state index contributed by atoms with van der Waals surface area (Å²) in [5.74, 6) is -2.96. The van der Waals surface area contributed by atoms with Crippen molar-refractivity contribution in [2.24, 2.45) is 5.16 Å². The van der Waals surface area contributed by atoms with Gasteiger partial charge in [-0.05, 0) is 29.8 Å². The van der Waals surface area contributed by atoms with Gasteiger partial charge in [0.1, 0.15) is 22.9 Å². The van der Waals surface area contributed by atoms with Crippen LogP contribution in [0.25, 0.3) is 27.4 Å². The van der Waals surface area contributed by atoms with Gasteiger partial charge < -0.3 is 19.3 Å². The molecule has 5 rings (SSSR count). The van der Waals surface area contributed by atoms with Gasteiger partial charge >= 0.3 is 5.97 Å². The Kier molecular flexibility index (Phi) is 5.09. The molecule has 34 heavy (non-hydrogen) atoms. The number of aromatic carboxylic acids is 1. The van der Waals surface area contributed by atoms with Gasteiger partial charge in [-0.2, -0.15) is 0 Å². The van der Waals surface area contributed by atoms with Crippen molar-refractivity contribution in [3.8, 4) is 0 Å². The average Bonchev–Trinajstić information content (AvgIpc) is 3.40. The van der Waals surface area contributed by atoms with Crippen LogP contribution in [0.1, 0.15) is 33.6 Å². The van der Waals surface area contributed by atoms with Crippen LogP contribution < -0.4 is 0 Å². The number of halogens is 2. The van der Waals surface area contributed by atoms with Crippen LogP contribution in [0.5, 0.6) is 0 Å². The largest absolute Gasteiger partial charge is 0.477 e. The third-order valence-corrected chi connectivity index (χ3v) is 5.80. The first-order valence-corrected chi connectivity index (χ1v) is 10.2. The van der Waals surface area contributed by atoms with Crippen LogP contribution in [0.15, 0.2) is 64.4 Å². The number of nitrogens with zero attached hydrogens (tertiary/aromatic N) is 2. The Bertz CT molecular complexity index is 1590. The summed E-state index contributed by atoms with van der Waals surface area (Å²) in [5.41, 5.74) is 0.621. The zero-order valence-electron chi connectivity index (χ0n) is 17.5. The number of allylic oxidation sites excluding steroid dienone is 4. The van der Waals surface area contributed by atoms with E-state index in [1.165, 1.54) is 35.1 Å². The Morgan fingerprint density at radius 2 is 2.03 bits per heavy atom. The Morgan fingerprint density at radius 3 is 2.76 bits per heavy atom. The number of rotatable bonds is 5. The summed E-state index contributed by atoms with van der Waals surface area (Å²) in [6.07, 6.45) is 7.27. The number of carboxylic acids is 1. The second-order valence-corrected chi connectivity index (χ2v) is 7.76. The molecule has 0 amide bonds. The molecule has 0 spiro atoms. The fourth-order valence-electron chi connectivity index (χ4n) is 4.35. The van der Waals surface area contributed by atoms with Crippen LogP contribution in [0.2, 0.25) is 0 Å². The highest BCUT2D eigenvalue weighted by molar-refractivity contribution is 6.29. The summed E-state index contributed by atoms with van der Waals surface area (Å²) < 4.78 is 36.4. The van der Waals surface area contributed by atoms with E-state index in [0.717, 1.165) is 18.3 Å². The van der Waals surface area contributed by atoms with Crippen molar-refractivity contribution < 1.29 is 33.1 Å². The second-order valence-electron chi connectivity index (χ2n) is 7.76. The lowest BCUT2D eigenvalue weighted by Gasteiger charge is -2.12. The van der Waals surface area contributed by atoms with Gasteiger partial charge in [0.05, 0.1) is 35.3 Å². The van der Waals surface area contributed by atoms with E-state index < -0.39 is 17.6 Å². The second kappa shape index (κ2) is 8.11. The molecule has 2 aromatic heterocycles. The lowest BCUT2D eigenvalue weighted by molar-refractivity contribution is -0.113. The van der Waals surface area contributed by atoms with E-state index in [0.29, 0.717) is 5.56 Å². The van der Waals surface area contributed by atoms with Crippen LogP contribution >= 0.6 is 0 Å². The molecule has 4 aromatic rings. The number of hydrogen-bond acceptors (Lipinski definition) is 5. The van der Waals surface area contributed by atoms with E-state index in [2.05, 4.69) is 5.16 Å². The molecular weight excluding hydrogens is 446 g/mol. The minimum absolute atomic E-state index is 0.0761. The smallest absolute Gasteiger partial charge is 0.353 e. The fourth-order valence-corrected chi connectivity index (χ4v) is 4.35. The van der Waals surface area contributed by atoms with E-state index in [1.54, 1.807) is 12.2 Å². The van der Waals surface area contributed by atoms with Crippen molar-refractivity contribution in [1.29, 1.82) is 0 Å². The first kappa shape index (κ1) is 21.3. The zero-order valence-corrected chi connectivity index (χ0v) is 17.5. The van der Waals surface area contributed by atoms with Crippen molar-refractivity contribution in [3.63, 3.8) is 0 Å². The number of furan rings is 1. The molecule has 0 bridgehead atoms. The average molecular weight is 462 g/mol. The maximum Gasteiger partial charge on any atom is 0.353 e. The van der Waals surface area contributed by atoms with Gasteiger partial charge in [-0.3, -0.25) is 4.79 Å². The standard InChI is InChI=1S/C25H16F2N2O5/c26-17-6-5-13(11-28-33)9-14(17)12-29-19-10-18(27)15-7-8-34-24(15)22(19)21(23(29)25(31)32)16-3-1-2-4-20(16)30/h1-3,5-11,33H,4,12H2,(H,31,32)/b28-11+. The molecule has 7 nitrogen and oxygen atoms in total. The van der Waals surface area contributed by atoms with Gasteiger partial charge in [-0.15, -0.1) is 0 Å². The summed E-state index contributed by atoms with van der Waals surface area (Å²) in [6, 6.07) is 6.51. The predicted octanol–water partition coefficient (Wildman–Crippen LogP) is 5.13. The number of oxime groups is 1. The Morgan fingerprint density at radius 1 is 1.21 bits per heavy atom. The van der Waals surface area contributed by atoms with Crippen LogP contribution in [-0.2, 0) is 11.3 Å². The maximum atomic E-state index is 14.9. The molecule has 0 saturated heterocycles. The molecule has 2 aromatic carbocycles. The van der Waals surface area contributed by atoms with Gasteiger partial charge in [0, 0.05) is 23.1 Å². The molecule has 0 atom stereocenters. The Labute approximate surface area is 190 Å². The van der Waals surface area contributed by atoms with Crippen LogP contribution in [0.3, 0.4) is 0 Å². The summed E-state index contributed by atoms with van der Waals surface area (Å²) in [4.78, 5) is 25.3. The van der Waals surface area contributed by atoms with E-state index in [-0.39, 0.29) is 63.0 Å². The normalized spacial score (nSPS) is 13.9. The molecule has 0 aliphatic heterocycles. The molecule has 2 heterocycles. The number of aromatic nitrogens is 1. The molecule has 0 radical (unpaired) electrons. The van der Waals surface area contributed by atoms with E-state index >= 15 is 0 Å². The summed E-state index contributed by atoms with van der Waals surface area (Å²) in [7, 11) is 0. The molecular formula is C25H16F2N2O5. The third kappa shape index (κ3) is 3.29. The van der Waals surface area contributed by atoms with Crippen LogP contribution in [0, 0.1) is 11.6 Å². The number of carbonyl (C=O) groups excluding carboxylic acids is 1. The molecule has 1 aliphatic rings. The summed E-state index contributed by atoms with van der Waals surface area (Å²) >= 11 is 0. The highest BCUT2D eigenvalue weighted by Gasteiger charge is 2.31. The van der Waals surface area contributed by atoms with Gasteiger partial charge in [0.25, 0.3) is 0 Å². The number of carboxylic acid groups (broad SMARTS) is 1. The molecule has 170 valence electrons. The van der Waals surface area contributed by atoms with Gasteiger partial charge in [-0.1, -0.05) is 29.5 Å². The molecule has 2 N–H and O–H groups in total. The van der Waals surface area contributed by atoms with Crippen molar-refractivity contribution in [3.05, 3.63) is 88.8 Å². The zero-order chi connectivity index (χ0) is 24.0. The van der Waals surface area contributed by atoms with E-state index in [4.69, 9.17) is 9.62 Å². The minimum atomic E-state index is -1.37. The first-order chi connectivity index (χ1) is 16.4. The highest BCUT2D eigenvalue weighted by atomic mass is 19.1. The summed E-state index contributed by atoms with van der Waals surface area (Å²) in [6.45, 7) is -0.292. The van der Waals surface area contributed by atoms with Crippen molar-refractivity contribution in [2.45, 2.75) is 13.0 Å². The molecule has 0 saturated carbocycles. The molecule has 0 fully saturated rings. The highest BCUT2D eigenvalue weighted by Crippen LogP contribution is 2.40. The lowest BCUT2D eigenvalue weighted by atomic mass is 9.93. The number of carbonyl (C=O) groups is 2. The lowest BCUT2D eigenvalue weighted by Crippen LogP contribution is -2.14. The first-order valence-electron chi connectivity index (χ1n) is 10.2. The Hall–Kier alpha value is -4.53. The maximum absolute atomic E-state index is 14.9. The van der Waals surface area contributed by atoms with Crippen molar-refractivity contribution in [2.75, 3.05) is 0 Å².